The van der Waals surface area contributed by atoms with Crippen molar-refractivity contribution >= 4 is 5.78 Å². The maximum absolute atomic E-state index is 10.9. The summed E-state index contributed by atoms with van der Waals surface area (Å²) < 4.78 is 0. The van der Waals surface area contributed by atoms with E-state index in [-0.39, 0.29) is 5.78 Å². The van der Waals surface area contributed by atoms with E-state index in [4.69, 9.17) is 0 Å². The molecular weight excluding hydrogens is 204 g/mol. The molecule has 1 aliphatic rings. The van der Waals surface area contributed by atoms with Gasteiger partial charge in [0.05, 0.1) is 5.60 Å². The normalized spacial score (nSPS) is 20.0. The highest BCUT2D eigenvalue weighted by Crippen LogP contribution is 2.08. The summed E-state index contributed by atoms with van der Waals surface area (Å²) in [7, 11) is 0. The number of aliphatic hydroxyl groups is 1. The predicted molar refractivity (Wildman–Crippen MR) is 64.5 cm³/mol. The van der Waals surface area contributed by atoms with Gasteiger partial charge in [-0.1, -0.05) is 0 Å². The summed E-state index contributed by atoms with van der Waals surface area (Å²) in [5.74, 6) is 0.263. The summed E-state index contributed by atoms with van der Waals surface area (Å²) >= 11 is 0. The molecule has 0 radical (unpaired) electrons. The van der Waals surface area contributed by atoms with Crippen LogP contribution in [0, 0.1) is 0 Å². The van der Waals surface area contributed by atoms with Gasteiger partial charge < -0.3 is 10.0 Å². The molecule has 0 bridgehead atoms. The Hall–Kier alpha value is -0.450. The van der Waals surface area contributed by atoms with Crippen molar-refractivity contribution in [3.05, 3.63) is 0 Å². The molecule has 0 saturated carbocycles. The third kappa shape index (κ3) is 5.58. The first-order chi connectivity index (χ1) is 7.37. The van der Waals surface area contributed by atoms with E-state index in [0.717, 1.165) is 39.3 Å². The van der Waals surface area contributed by atoms with E-state index >= 15 is 0 Å². The van der Waals surface area contributed by atoms with Gasteiger partial charge in [0, 0.05) is 45.7 Å². The Bertz CT molecular complexity index is 228. The molecule has 4 nitrogen and oxygen atoms in total. The van der Waals surface area contributed by atoms with Gasteiger partial charge in [0.25, 0.3) is 0 Å². The maximum Gasteiger partial charge on any atom is 0.131 e. The van der Waals surface area contributed by atoms with Gasteiger partial charge in [0.2, 0.25) is 0 Å². The minimum Gasteiger partial charge on any atom is -0.389 e. The highest BCUT2D eigenvalue weighted by atomic mass is 16.3. The fourth-order valence-electron chi connectivity index (χ4n) is 2.03. The van der Waals surface area contributed by atoms with E-state index in [0.29, 0.717) is 6.42 Å². The Balaban J connectivity index is 2.21. The molecule has 0 aromatic heterocycles. The van der Waals surface area contributed by atoms with Crippen LogP contribution in [0.5, 0.6) is 0 Å². The molecule has 0 atom stereocenters. The second-order valence-electron chi connectivity index (χ2n) is 5.38. The summed E-state index contributed by atoms with van der Waals surface area (Å²) in [5.41, 5.74) is -0.610. The number of hydrogen-bond donors (Lipinski definition) is 1. The predicted octanol–water partition coefficient (Wildman–Crippen LogP) is 0.354. The zero-order chi connectivity index (χ0) is 12.2. The van der Waals surface area contributed by atoms with Crippen molar-refractivity contribution in [2.24, 2.45) is 0 Å². The standard InChI is InChI=1S/C12H24N2O2/c1-11(15)4-5-13-6-8-14(9-7-13)10-12(2,3)16/h16H,4-10H2,1-3H3. The second kappa shape index (κ2) is 5.75. The first-order valence-electron chi connectivity index (χ1n) is 6.03. The van der Waals surface area contributed by atoms with Crippen molar-refractivity contribution in [3.63, 3.8) is 0 Å². The largest absolute Gasteiger partial charge is 0.389 e. The lowest BCUT2D eigenvalue weighted by Crippen LogP contribution is -2.50. The van der Waals surface area contributed by atoms with Gasteiger partial charge in [-0.15, -0.1) is 0 Å². The Morgan fingerprint density at radius 2 is 1.69 bits per heavy atom. The lowest BCUT2D eigenvalue weighted by Gasteiger charge is -2.37. The monoisotopic (exact) mass is 228 g/mol. The highest BCUT2D eigenvalue weighted by molar-refractivity contribution is 5.75. The van der Waals surface area contributed by atoms with Gasteiger partial charge >= 0.3 is 0 Å². The van der Waals surface area contributed by atoms with E-state index < -0.39 is 5.60 Å². The lowest BCUT2D eigenvalue weighted by molar-refractivity contribution is -0.117. The molecule has 94 valence electrons. The highest BCUT2D eigenvalue weighted by Gasteiger charge is 2.22. The Morgan fingerprint density at radius 1 is 1.19 bits per heavy atom. The van der Waals surface area contributed by atoms with E-state index in [2.05, 4.69) is 9.80 Å². The average Bonchev–Trinajstić information content (AvgIpc) is 2.14. The van der Waals surface area contributed by atoms with E-state index in [1.54, 1.807) is 6.92 Å². The number of Topliss-reactive ketones (excluding diaryl/α,β-unsaturated/α-hetero) is 1. The first kappa shape index (κ1) is 13.6. The van der Waals surface area contributed by atoms with Crippen molar-refractivity contribution in [2.75, 3.05) is 39.3 Å². The van der Waals surface area contributed by atoms with Crippen LogP contribution in [0.1, 0.15) is 27.2 Å². The molecule has 0 spiro atoms. The molecule has 16 heavy (non-hydrogen) atoms. The van der Waals surface area contributed by atoms with Gasteiger partial charge in [-0.2, -0.15) is 0 Å². The molecule has 1 fully saturated rings. The molecule has 0 unspecified atom stereocenters. The molecule has 1 rings (SSSR count). The van der Waals surface area contributed by atoms with Crippen LogP contribution in [-0.4, -0.2) is 65.6 Å². The topological polar surface area (TPSA) is 43.8 Å². The minimum atomic E-state index is -0.610. The van der Waals surface area contributed by atoms with Gasteiger partial charge in [0.1, 0.15) is 5.78 Å². The number of carbonyl (C=O) groups excluding carboxylic acids is 1. The number of carbonyl (C=O) groups is 1. The molecule has 1 saturated heterocycles. The number of hydrogen-bond acceptors (Lipinski definition) is 4. The SMILES string of the molecule is CC(=O)CCN1CCN(CC(C)(C)O)CC1. The van der Waals surface area contributed by atoms with Crippen molar-refractivity contribution in [3.8, 4) is 0 Å². The quantitative estimate of drug-likeness (QED) is 0.737. The summed E-state index contributed by atoms with van der Waals surface area (Å²) in [6, 6.07) is 0. The molecule has 0 aromatic carbocycles. The maximum atomic E-state index is 10.9. The molecule has 4 heteroatoms. The minimum absolute atomic E-state index is 0.263. The Morgan fingerprint density at radius 3 is 2.12 bits per heavy atom. The average molecular weight is 228 g/mol. The molecular formula is C12H24N2O2. The second-order valence-corrected chi connectivity index (χ2v) is 5.38. The van der Waals surface area contributed by atoms with E-state index in [1.165, 1.54) is 0 Å². The van der Waals surface area contributed by atoms with Crippen LogP contribution in [0.3, 0.4) is 0 Å². The third-order valence-corrected chi connectivity index (χ3v) is 2.86. The third-order valence-electron chi connectivity index (χ3n) is 2.86. The fourth-order valence-corrected chi connectivity index (χ4v) is 2.03. The number of ketones is 1. The van der Waals surface area contributed by atoms with Crippen molar-refractivity contribution < 1.29 is 9.90 Å². The van der Waals surface area contributed by atoms with Crippen LogP contribution in [-0.2, 0) is 4.79 Å². The van der Waals surface area contributed by atoms with Crippen molar-refractivity contribution in [1.29, 1.82) is 0 Å². The van der Waals surface area contributed by atoms with Crippen molar-refractivity contribution in [2.45, 2.75) is 32.8 Å². The fraction of sp³-hybridized carbons (Fsp3) is 0.917. The number of β-amino-alcohol motifs (C(OH)–C–C–N with tert-alkyl or cyclic N) is 1. The van der Waals surface area contributed by atoms with Gasteiger partial charge in [-0.05, 0) is 20.8 Å². The number of rotatable bonds is 5. The Kier molecular flexibility index (Phi) is 4.89. The van der Waals surface area contributed by atoms with E-state index in [1.807, 2.05) is 13.8 Å². The van der Waals surface area contributed by atoms with Crippen LogP contribution < -0.4 is 0 Å². The lowest BCUT2D eigenvalue weighted by atomic mass is 10.1. The Labute approximate surface area is 98.2 Å². The molecule has 1 aliphatic heterocycles. The number of piperazine rings is 1. The summed E-state index contributed by atoms with van der Waals surface area (Å²) in [6.45, 7) is 10.9. The molecule has 1 heterocycles. The zero-order valence-corrected chi connectivity index (χ0v) is 10.7. The smallest absolute Gasteiger partial charge is 0.131 e. The van der Waals surface area contributed by atoms with Crippen LogP contribution in [0.4, 0.5) is 0 Å². The zero-order valence-electron chi connectivity index (χ0n) is 10.7. The summed E-state index contributed by atoms with van der Waals surface area (Å²) in [4.78, 5) is 15.5. The molecule has 0 aliphatic carbocycles. The van der Waals surface area contributed by atoms with Crippen LogP contribution in [0.25, 0.3) is 0 Å². The van der Waals surface area contributed by atoms with Crippen molar-refractivity contribution in [1.82, 2.24) is 9.80 Å². The van der Waals surface area contributed by atoms with E-state index in [9.17, 15) is 9.90 Å². The summed E-state index contributed by atoms with van der Waals surface area (Å²) in [5, 5.41) is 9.71. The van der Waals surface area contributed by atoms with Crippen LogP contribution in [0.2, 0.25) is 0 Å². The van der Waals surface area contributed by atoms with Gasteiger partial charge in [-0.3, -0.25) is 9.69 Å². The van der Waals surface area contributed by atoms with Gasteiger partial charge in [0.15, 0.2) is 0 Å². The molecule has 0 amide bonds. The van der Waals surface area contributed by atoms with Crippen LogP contribution in [0.15, 0.2) is 0 Å². The van der Waals surface area contributed by atoms with Gasteiger partial charge in [-0.25, -0.2) is 0 Å². The molecule has 1 N–H and O–H groups in total. The molecule has 0 aromatic rings. The first-order valence-corrected chi connectivity index (χ1v) is 6.03. The summed E-state index contributed by atoms with van der Waals surface area (Å²) in [6.07, 6.45) is 0.658. The number of nitrogens with zero attached hydrogens (tertiary/aromatic N) is 2. The van der Waals surface area contributed by atoms with Crippen LogP contribution >= 0.6 is 0 Å².